The molecular weight excluding hydrogens is 262 g/mol. The fourth-order valence-corrected chi connectivity index (χ4v) is 2.56. The summed E-state index contributed by atoms with van der Waals surface area (Å²) in [5.74, 6) is 0.908. The van der Waals surface area contributed by atoms with E-state index in [1.54, 1.807) is 11.7 Å². The van der Waals surface area contributed by atoms with Gasteiger partial charge in [0.05, 0.1) is 18.3 Å². The zero-order chi connectivity index (χ0) is 14.8. The molecule has 0 spiro atoms. The third kappa shape index (κ3) is 2.31. The molecule has 3 nitrogen and oxygen atoms in total. The third-order valence-corrected chi connectivity index (χ3v) is 3.65. The van der Waals surface area contributed by atoms with Gasteiger partial charge in [0.2, 0.25) is 5.91 Å². The first-order valence-electron chi connectivity index (χ1n) is 7.02. The van der Waals surface area contributed by atoms with E-state index in [1.807, 2.05) is 55.5 Å². The number of methoxy groups -OCH3 is 1. The molecule has 1 aromatic heterocycles. The lowest BCUT2D eigenvalue weighted by Crippen LogP contribution is -2.09. The number of benzene rings is 2. The monoisotopic (exact) mass is 279 g/mol. The standard InChI is InChI=1S/C18H17NO2/c1-3-18(20)19-16-7-5-4-6-14(16)12-17(19)13-8-10-15(21-2)11-9-13/h4-12H,3H2,1-2H3. The van der Waals surface area contributed by atoms with E-state index < -0.39 is 0 Å². The Morgan fingerprint density at radius 2 is 1.81 bits per heavy atom. The maximum atomic E-state index is 12.3. The molecule has 1 heterocycles. The highest BCUT2D eigenvalue weighted by Crippen LogP contribution is 2.29. The van der Waals surface area contributed by atoms with Gasteiger partial charge in [0, 0.05) is 11.8 Å². The molecule has 0 radical (unpaired) electrons. The minimum absolute atomic E-state index is 0.0991. The minimum atomic E-state index is 0.0991. The van der Waals surface area contributed by atoms with Crippen molar-refractivity contribution in [3.8, 4) is 17.0 Å². The van der Waals surface area contributed by atoms with Crippen molar-refractivity contribution in [3.05, 3.63) is 54.6 Å². The molecule has 3 aromatic rings. The Balaban J connectivity index is 2.22. The Morgan fingerprint density at radius 1 is 1.10 bits per heavy atom. The van der Waals surface area contributed by atoms with Gasteiger partial charge in [0.15, 0.2) is 0 Å². The Hall–Kier alpha value is -2.55. The minimum Gasteiger partial charge on any atom is -0.497 e. The van der Waals surface area contributed by atoms with Crippen LogP contribution in [-0.2, 0) is 0 Å². The summed E-state index contributed by atoms with van der Waals surface area (Å²) in [5, 5.41) is 1.07. The summed E-state index contributed by atoms with van der Waals surface area (Å²) in [4.78, 5) is 12.3. The van der Waals surface area contributed by atoms with Crippen LogP contribution in [-0.4, -0.2) is 17.6 Å². The molecule has 0 aliphatic carbocycles. The molecule has 0 aliphatic heterocycles. The maximum absolute atomic E-state index is 12.3. The van der Waals surface area contributed by atoms with E-state index in [9.17, 15) is 4.79 Å². The number of carbonyl (C=O) groups excluding carboxylic acids is 1. The van der Waals surface area contributed by atoms with E-state index in [0.717, 1.165) is 27.9 Å². The van der Waals surface area contributed by atoms with Gasteiger partial charge in [-0.2, -0.15) is 0 Å². The summed E-state index contributed by atoms with van der Waals surface area (Å²) in [6.07, 6.45) is 0.474. The van der Waals surface area contributed by atoms with Crippen LogP contribution in [0.5, 0.6) is 5.75 Å². The Labute approximate surface area is 123 Å². The number of hydrogen-bond acceptors (Lipinski definition) is 2. The van der Waals surface area contributed by atoms with E-state index in [4.69, 9.17) is 4.74 Å². The van der Waals surface area contributed by atoms with E-state index in [0.29, 0.717) is 6.42 Å². The van der Waals surface area contributed by atoms with Gasteiger partial charge in [-0.05, 0) is 42.0 Å². The number of aromatic nitrogens is 1. The second-order valence-corrected chi connectivity index (χ2v) is 4.90. The fourth-order valence-electron chi connectivity index (χ4n) is 2.56. The lowest BCUT2D eigenvalue weighted by molar-refractivity contribution is 0.0916. The fraction of sp³-hybridized carbons (Fsp3) is 0.167. The number of hydrogen-bond donors (Lipinski definition) is 0. The SMILES string of the molecule is CCC(=O)n1c(-c2ccc(OC)cc2)cc2ccccc21. The first-order chi connectivity index (χ1) is 10.2. The average molecular weight is 279 g/mol. The topological polar surface area (TPSA) is 31.2 Å². The number of ether oxygens (including phenoxy) is 1. The van der Waals surface area contributed by atoms with Crippen molar-refractivity contribution < 1.29 is 9.53 Å². The molecule has 3 heteroatoms. The van der Waals surface area contributed by atoms with E-state index in [-0.39, 0.29) is 5.91 Å². The quantitative estimate of drug-likeness (QED) is 0.713. The van der Waals surface area contributed by atoms with Gasteiger partial charge >= 0.3 is 0 Å². The van der Waals surface area contributed by atoms with Crippen molar-refractivity contribution in [1.82, 2.24) is 4.57 Å². The van der Waals surface area contributed by atoms with Crippen LogP contribution < -0.4 is 4.74 Å². The van der Waals surface area contributed by atoms with Crippen molar-refractivity contribution >= 4 is 16.8 Å². The maximum Gasteiger partial charge on any atom is 0.231 e. The van der Waals surface area contributed by atoms with Crippen LogP contribution in [0.1, 0.15) is 18.1 Å². The van der Waals surface area contributed by atoms with Gasteiger partial charge in [-0.25, -0.2) is 0 Å². The zero-order valence-corrected chi connectivity index (χ0v) is 12.2. The highest BCUT2D eigenvalue weighted by Gasteiger charge is 2.14. The first-order valence-corrected chi connectivity index (χ1v) is 7.02. The molecule has 21 heavy (non-hydrogen) atoms. The van der Waals surface area contributed by atoms with Gasteiger partial charge in [-0.3, -0.25) is 9.36 Å². The van der Waals surface area contributed by atoms with Crippen LogP contribution in [0.15, 0.2) is 54.6 Å². The summed E-state index contributed by atoms with van der Waals surface area (Å²) < 4.78 is 6.99. The second kappa shape index (κ2) is 5.44. The molecule has 3 rings (SSSR count). The number of fused-ring (bicyclic) bond motifs is 1. The Kier molecular flexibility index (Phi) is 3.48. The van der Waals surface area contributed by atoms with E-state index in [2.05, 4.69) is 6.07 Å². The molecule has 0 atom stereocenters. The average Bonchev–Trinajstić information content (AvgIpc) is 2.93. The normalized spacial score (nSPS) is 10.8. The molecule has 0 amide bonds. The van der Waals surface area contributed by atoms with Crippen molar-refractivity contribution in [2.24, 2.45) is 0 Å². The van der Waals surface area contributed by atoms with Gasteiger partial charge in [-0.15, -0.1) is 0 Å². The number of carbonyl (C=O) groups is 1. The van der Waals surface area contributed by atoms with Crippen LogP contribution >= 0.6 is 0 Å². The van der Waals surface area contributed by atoms with Crippen molar-refractivity contribution in [3.63, 3.8) is 0 Å². The molecule has 0 unspecified atom stereocenters. The Morgan fingerprint density at radius 3 is 2.48 bits per heavy atom. The van der Waals surface area contributed by atoms with Crippen molar-refractivity contribution in [2.45, 2.75) is 13.3 Å². The summed E-state index contributed by atoms with van der Waals surface area (Å²) in [5.41, 5.74) is 2.88. The van der Waals surface area contributed by atoms with E-state index in [1.165, 1.54) is 0 Å². The molecule has 0 aliphatic rings. The van der Waals surface area contributed by atoms with Crippen LogP contribution in [0.2, 0.25) is 0 Å². The summed E-state index contributed by atoms with van der Waals surface area (Å²) in [7, 11) is 1.65. The number of rotatable bonds is 3. The summed E-state index contributed by atoms with van der Waals surface area (Å²) in [6.45, 7) is 1.88. The van der Waals surface area contributed by atoms with Gasteiger partial charge < -0.3 is 4.74 Å². The highest BCUT2D eigenvalue weighted by molar-refractivity contribution is 5.98. The smallest absolute Gasteiger partial charge is 0.231 e. The number of nitrogens with zero attached hydrogens (tertiary/aromatic N) is 1. The van der Waals surface area contributed by atoms with Gasteiger partial charge in [-0.1, -0.05) is 25.1 Å². The van der Waals surface area contributed by atoms with E-state index >= 15 is 0 Å². The van der Waals surface area contributed by atoms with Crippen LogP contribution in [0, 0.1) is 0 Å². The zero-order valence-electron chi connectivity index (χ0n) is 12.2. The predicted octanol–water partition coefficient (Wildman–Crippen LogP) is 4.37. The number of para-hydroxylation sites is 1. The second-order valence-electron chi connectivity index (χ2n) is 4.90. The summed E-state index contributed by atoms with van der Waals surface area (Å²) in [6, 6.07) is 17.8. The molecule has 0 saturated heterocycles. The van der Waals surface area contributed by atoms with Gasteiger partial charge in [0.25, 0.3) is 0 Å². The van der Waals surface area contributed by atoms with Crippen molar-refractivity contribution in [2.75, 3.05) is 7.11 Å². The highest BCUT2D eigenvalue weighted by atomic mass is 16.5. The molecule has 2 aromatic carbocycles. The lowest BCUT2D eigenvalue weighted by atomic mass is 10.1. The molecule has 0 bridgehead atoms. The molecule has 0 fully saturated rings. The summed E-state index contributed by atoms with van der Waals surface area (Å²) >= 11 is 0. The van der Waals surface area contributed by atoms with Crippen LogP contribution in [0.25, 0.3) is 22.2 Å². The van der Waals surface area contributed by atoms with Crippen molar-refractivity contribution in [1.29, 1.82) is 0 Å². The molecule has 0 N–H and O–H groups in total. The predicted molar refractivity (Wildman–Crippen MR) is 84.8 cm³/mol. The first kappa shape index (κ1) is 13.4. The Bertz CT molecular complexity index is 785. The molecule has 106 valence electrons. The molecule has 0 saturated carbocycles. The third-order valence-electron chi connectivity index (χ3n) is 3.65. The van der Waals surface area contributed by atoms with Crippen LogP contribution in [0.4, 0.5) is 0 Å². The van der Waals surface area contributed by atoms with Crippen LogP contribution in [0.3, 0.4) is 0 Å². The largest absolute Gasteiger partial charge is 0.497 e. The lowest BCUT2D eigenvalue weighted by Gasteiger charge is -2.09. The molecular formula is C18H17NO2. The van der Waals surface area contributed by atoms with Gasteiger partial charge in [0.1, 0.15) is 5.75 Å².